The fourth-order valence-electron chi connectivity index (χ4n) is 2.00. The van der Waals surface area contributed by atoms with Crippen LogP contribution in [0.3, 0.4) is 0 Å². The Kier molecular flexibility index (Phi) is 8.59. The number of nitrogens with one attached hydrogen (secondary N) is 4. The van der Waals surface area contributed by atoms with E-state index in [2.05, 4.69) is 21.3 Å². The average molecular weight is 455 g/mol. The SMILES string of the molecule is O=C(CCC(=O)NC(=S)Nc1ccc(Cl)cc1)NC(=S)Nc1ccc(Cl)cc1. The number of rotatable bonds is 5. The summed E-state index contributed by atoms with van der Waals surface area (Å²) in [6.07, 6.45) is -0.0876. The monoisotopic (exact) mass is 454 g/mol. The van der Waals surface area contributed by atoms with Crippen molar-refractivity contribution in [2.45, 2.75) is 12.8 Å². The van der Waals surface area contributed by atoms with Gasteiger partial charge in [0.2, 0.25) is 11.8 Å². The Morgan fingerprint density at radius 2 is 1.00 bits per heavy atom. The van der Waals surface area contributed by atoms with Crippen molar-refractivity contribution in [3.05, 3.63) is 58.6 Å². The molecule has 0 spiro atoms. The second kappa shape index (κ2) is 10.9. The maximum absolute atomic E-state index is 11.9. The van der Waals surface area contributed by atoms with Gasteiger partial charge >= 0.3 is 0 Å². The zero-order chi connectivity index (χ0) is 20.5. The van der Waals surface area contributed by atoms with Gasteiger partial charge in [0.15, 0.2) is 10.2 Å². The molecule has 0 aliphatic heterocycles. The molecule has 0 saturated carbocycles. The van der Waals surface area contributed by atoms with Crippen molar-refractivity contribution in [3.8, 4) is 0 Å². The first-order chi connectivity index (χ1) is 13.3. The van der Waals surface area contributed by atoms with E-state index < -0.39 is 11.8 Å². The molecule has 0 fully saturated rings. The van der Waals surface area contributed by atoms with Gasteiger partial charge in [-0.25, -0.2) is 0 Å². The molecule has 28 heavy (non-hydrogen) atoms. The zero-order valence-electron chi connectivity index (χ0n) is 14.4. The maximum Gasteiger partial charge on any atom is 0.226 e. The third-order valence-corrected chi connectivity index (χ3v) is 4.20. The first-order valence-corrected chi connectivity index (χ1v) is 9.62. The van der Waals surface area contributed by atoms with E-state index in [-0.39, 0.29) is 23.1 Å². The number of hydrogen-bond acceptors (Lipinski definition) is 4. The van der Waals surface area contributed by atoms with Crippen LogP contribution in [0.25, 0.3) is 0 Å². The maximum atomic E-state index is 11.9. The number of carbonyl (C=O) groups is 2. The van der Waals surface area contributed by atoms with E-state index in [9.17, 15) is 9.59 Å². The van der Waals surface area contributed by atoms with Crippen LogP contribution in [-0.4, -0.2) is 22.0 Å². The quantitative estimate of drug-likeness (QED) is 0.509. The highest BCUT2D eigenvalue weighted by molar-refractivity contribution is 7.80. The average Bonchev–Trinajstić information content (AvgIpc) is 2.64. The van der Waals surface area contributed by atoms with E-state index in [0.29, 0.717) is 21.4 Å². The Bertz CT molecular complexity index is 801. The molecule has 0 unspecified atom stereocenters. The molecule has 0 radical (unpaired) electrons. The van der Waals surface area contributed by atoms with Gasteiger partial charge in [-0.1, -0.05) is 23.2 Å². The summed E-state index contributed by atoms with van der Waals surface area (Å²) in [5, 5.41) is 12.2. The van der Waals surface area contributed by atoms with Gasteiger partial charge in [-0.15, -0.1) is 0 Å². The van der Waals surface area contributed by atoms with Crippen molar-refractivity contribution in [3.63, 3.8) is 0 Å². The molecule has 0 atom stereocenters. The van der Waals surface area contributed by atoms with Gasteiger partial charge in [-0.05, 0) is 73.0 Å². The third-order valence-electron chi connectivity index (χ3n) is 3.29. The number of carbonyl (C=O) groups excluding carboxylic acids is 2. The highest BCUT2D eigenvalue weighted by Gasteiger charge is 2.10. The lowest BCUT2D eigenvalue weighted by Gasteiger charge is -2.11. The molecule has 10 heteroatoms. The molecule has 2 aromatic rings. The lowest BCUT2D eigenvalue weighted by Crippen LogP contribution is -2.37. The van der Waals surface area contributed by atoms with Gasteiger partial charge in [0, 0.05) is 34.3 Å². The topological polar surface area (TPSA) is 82.3 Å². The summed E-state index contributed by atoms with van der Waals surface area (Å²) in [4.78, 5) is 23.8. The first kappa shape index (κ1) is 22.0. The fraction of sp³-hybridized carbons (Fsp3) is 0.111. The highest BCUT2D eigenvalue weighted by atomic mass is 35.5. The second-order valence-electron chi connectivity index (χ2n) is 5.52. The molecular formula is C18H16Cl2N4O2S2. The van der Waals surface area contributed by atoms with Gasteiger partial charge in [-0.3, -0.25) is 9.59 Å². The van der Waals surface area contributed by atoms with Gasteiger partial charge in [-0.2, -0.15) is 0 Å². The van der Waals surface area contributed by atoms with E-state index in [4.69, 9.17) is 47.6 Å². The molecule has 2 rings (SSSR count). The molecular weight excluding hydrogens is 439 g/mol. The van der Waals surface area contributed by atoms with Crippen LogP contribution >= 0.6 is 47.6 Å². The van der Waals surface area contributed by atoms with Crippen molar-refractivity contribution in [1.29, 1.82) is 0 Å². The van der Waals surface area contributed by atoms with E-state index >= 15 is 0 Å². The van der Waals surface area contributed by atoms with Crippen molar-refractivity contribution in [2.75, 3.05) is 10.6 Å². The normalized spacial score (nSPS) is 9.93. The largest absolute Gasteiger partial charge is 0.332 e. The Morgan fingerprint density at radius 1 is 0.679 bits per heavy atom. The molecule has 0 aromatic heterocycles. The Hall–Kier alpha value is -2.26. The van der Waals surface area contributed by atoms with Crippen LogP contribution in [0.4, 0.5) is 11.4 Å². The Morgan fingerprint density at radius 3 is 1.32 bits per heavy atom. The lowest BCUT2D eigenvalue weighted by atomic mass is 10.3. The summed E-state index contributed by atoms with van der Waals surface area (Å²) in [7, 11) is 0. The minimum atomic E-state index is -0.391. The predicted molar refractivity (Wildman–Crippen MR) is 121 cm³/mol. The number of amides is 2. The summed E-state index contributed by atoms with van der Waals surface area (Å²) >= 11 is 21.7. The summed E-state index contributed by atoms with van der Waals surface area (Å²) in [5.41, 5.74) is 1.37. The molecule has 4 N–H and O–H groups in total. The molecule has 0 saturated heterocycles. The zero-order valence-corrected chi connectivity index (χ0v) is 17.6. The van der Waals surface area contributed by atoms with Crippen LogP contribution in [0, 0.1) is 0 Å². The molecule has 6 nitrogen and oxygen atoms in total. The van der Waals surface area contributed by atoms with Gasteiger partial charge in [0.1, 0.15) is 0 Å². The van der Waals surface area contributed by atoms with Gasteiger partial charge in [0.25, 0.3) is 0 Å². The number of thiocarbonyl (C=S) groups is 2. The van der Waals surface area contributed by atoms with Crippen molar-refractivity contribution in [2.24, 2.45) is 0 Å². The van der Waals surface area contributed by atoms with Crippen LogP contribution in [0.5, 0.6) is 0 Å². The smallest absolute Gasteiger partial charge is 0.226 e. The summed E-state index contributed by atoms with van der Waals surface area (Å²) < 4.78 is 0. The summed E-state index contributed by atoms with van der Waals surface area (Å²) in [6, 6.07) is 13.7. The summed E-state index contributed by atoms with van der Waals surface area (Å²) in [5.74, 6) is -0.781. The minimum Gasteiger partial charge on any atom is -0.332 e. The molecule has 2 amide bonds. The Labute approximate surface area is 183 Å². The number of anilines is 2. The van der Waals surface area contributed by atoms with E-state index in [0.717, 1.165) is 0 Å². The fourth-order valence-corrected chi connectivity index (χ4v) is 2.71. The lowest BCUT2D eigenvalue weighted by molar-refractivity contribution is -0.124. The Balaban J connectivity index is 1.68. The highest BCUT2D eigenvalue weighted by Crippen LogP contribution is 2.14. The molecule has 0 aliphatic rings. The molecule has 0 bridgehead atoms. The first-order valence-electron chi connectivity index (χ1n) is 8.04. The van der Waals surface area contributed by atoms with Crippen LogP contribution < -0.4 is 21.3 Å². The van der Waals surface area contributed by atoms with Crippen LogP contribution in [0.2, 0.25) is 10.0 Å². The van der Waals surface area contributed by atoms with Crippen LogP contribution in [-0.2, 0) is 9.59 Å². The van der Waals surface area contributed by atoms with Crippen LogP contribution in [0.15, 0.2) is 48.5 Å². The molecule has 2 aromatic carbocycles. The minimum absolute atomic E-state index is 0.0438. The van der Waals surface area contributed by atoms with E-state index in [1.165, 1.54) is 0 Å². The third kappa shape index (κ3) is 8.18. The van der Waals surface area contributed by atoms with Gasteiger partial charge < -0.3 is 21.3 Å². The number of halogens is 2. The van der Waals surface area contributed by atoms with E-state index in [1.54, 1.807) is 48.5 Å². The van der Waals surface area contributed by atoms with Gasteiger partial charge in [0.05, 0.1) is 0 Å². The standard InChI is InChI=1S/C18H16Cl2N4O2S2/c19-11-1-5-13(6-2-11)21-17(27)23-15(25)9-10-16(26)24-18(28)22-14-7-3-12(20)4-8-14/h1-8H,9-10H2,(H2,21,23,25,27)(H2,22,24,26,28). The molecule has 146 valence electrons. The van der Waals surface area contributed by atoms with Crippen molar-refractivity contribution < 1.29 is 9.59 Å². The van der Waals surface area contributed by atoms with Crippen molar-refractivity contribution >= 4 is 81.1 Å². The van der Waals surface area contributed by atoms with Crippen LogP contribution in [0.1, 0.15) is 12.8 Å². The van der Waals surface area contributed by atoms with E-state index in [1.807, 2.05) is 0 Å². The van der Waals surface area contributed by atoms with Crippen molar-refractivity contribution in [1.82, 2.24) is 10.6 Å². The second-order valence-corrected chi connectivity index (χ2v) is 7.21. The number of benzene rings is 2. The summed E-state index contributed by atoms with van der Waals surface area (Å²) in [6.45, 7) is 0. The molecule has 0 heterocycles. The number of hydrogen-bond donors (Lipinski definition) is 4. The predicted octanol–water partition coefficient (Wildman–Crippen LogP) is 4.10. The molecule has 0 aliphatic carbocycles.